The minimum atomic E-state index is -0.359. The summed E-state index contributed by atoms with van der Waals surface area (Å²) < 4.78 is 0. The number of carbonyl (C=O) groups excluding carboxylic acids is 2. The highest BCUT2D eigenvalue weighted by Crippen LogP contribution is 2.29. The van der Waals surface area contributed by atoms with Crippen molar-refractivity contribution in [3.63, 3.8) is 0 Å². The van der Waals surface area contributed by atoms with Crippen LogP contribution in [0.3, 0.4) is 0 Å². The molecule has 0 unspecified atom stereocenters. The summed E-state index contributed by atoms with van der Waals surface area (Å²) in [6.07, 6.45) is 1.65. The zero-order chi connectivity index (χ0) is 15.8. The van der Waals surface area contributed by atoms with Gasteiger partial charge < -0.3 is 0 Å². The Bertz CT molecular complexity index is 975. The summed E-state index contributed by atoms with van der Waals surface area (Å²) >= 11 is 2.35. The Kier molecular flexibility index (Phi) is 3.48. The highest BCUT2D eigenvalue weighted by atomic mass is 32.2. The van der Waals surface area contributed by atoms with E-state index in [2.05, 4.69) is 34.6 Å². The van der Waals surface area contributed by atoms with Gasteiger partial charge in [-0.2, -0.15) is 0 Å². The lowest BCUT2D eigenvalue weighted by Gasteiger charge is -2.00. The molecule has 23 heavy (non-hydrogen) atoms. The minimum absolute atomic E-state index is 0.340. The molecule has 0 radical (unpaired) electrons. The highest BCUT2D eigenvalue weighted by molar-refractivity contribution is 8.18. The predicted molar refractivity (Wildman–Crippen MR) is 94.2 cm³/mol. The molecule has 0 atom stereocenters. The number of thiazole rings is 1. The summed E-state index contributed by atoms with van der Waals surface area (Å²) in [7, 11) is 0. The highest BCUT2D eigenvalue weighted by Gasteiger charge is 2.25. The first kappa shape index (κ1) is 14.2. The number of carbonyl (C=O) groups is 2. The average Bonchev–Trinajstić information content (AvgIpc) is 3.14. The van der Waals surface area contributed by atoms with Crippen molar-refractivity contribution in [3.05, 3.63) is 57.8 Å². The Labute approximate surface area is 140 Å². The molecule has 1 aliphatic rings. The molecule has 4 nitrogen and oxygen atoms in total. The lowest BCUT2D eigenvalue weighted by molar-refractivity contribution is -0.115. The van der Waals surface area contributed by atoms with E-state index in [9.17, 15) is 9.59 Å². The Balaban J connectivity index is 1.68. The van der Waals surface area contributed by atoms with Gasteiger partial charge in [0.25, 0.3) is 11.1 Å². The van der Waals surface area contributed by atoms with E-state index >= 15 is 0 Å². The van der Waals surface area contributed by atoms with Crippen LogP contribution in [0, 0.1) is 0 Å². The second-order valence-corrected chi connectivity index (χ2v) is 6.89. The number of imide groups is 1. The van der Waals surface area contributed by atoms with Crippen LogP contribution in [0.2, 0.25) is 0 Å². The quantitative estimate of drug-likeness (QED) is 0.708. The maximum atomic E-state index is 11.6. The number of hydrogen-bond donors (Lipinski definition) is 1. The summed E-state index contributed by atoms with van der Waals surface area (Å²) in [5.41, 5.74) is 1.89. The van der Waals surface area contributed by atoms with Gasteiger partial charge in [-0.15, -0.1) is 11.3 Å². The number of rotatable bonds is 2. The second-order valence-electron chi connectivity index (χ2n) is 4.99. The fraction of sp³-hybridized carbons (Fsp3) is 0. The maximum Gasteiger partial charge on any atom is 0.290 e. The van der Waals surface area contributed by atoms with Gasteiger partial charge in [-0.3, -0.25) is 14.9 Å². The summed E-state index contributed by atoms with van der Waals surface area (Å²) in [6, 6.07) is 14.4. The Morgan fingerprint density at radius 2 is 1.87 bits per heavy atom. The molecule has 0 spiro atoms. The van der Waals surface area contributed by atoms with Crippen molar-refractivity contribution in [2.45, 2.75) is 0 Å². The van der Waals surface area contributed by atoms with E-state index < -0.39 is 0 Å². The largest absolute Gasteiger partial charge is 0.290 e. The van der Waals surface area contributed by atoms with E-state index in [0.717, 1.165) is 28.4 Å². The molecule has 1 fully saturated rings. The lowest BCUT2D eigenvalue weighted by atomic mass is 10.1. The molecule has 112 valence electrons. The van der Waals surface area contributed by atoms with Crippen molar-refractivity contribution >= 4 is 51.1 Å². The van der Waals surface area contributed by atoms with Crippen molar-refractivity contribution in [3.8, 4) is 11.3 Å². The predicted octanol–water partition coefficient (Wildman–Crippen LogP) is 4.29. The van der Waals surface area contributed by atoms with Crippen molar-refractivity contribution in [1.82, 2.24) is 10.3 Å². The van der Waals surface area contributed by atoms with E-state index in [1.807, 2.05) is 23.6 Å². The number of hydrogen-bond acceptors (Lipinski definition) is 5. The molecular weight excluding hydrogens is 328 g/mol. The van der Waals surface area contributed by atoms with Crippen LogP contribution < -0.4 is 5.32 Å². The van der Waals surface area contributed by atoms with Crippen LogP contribution in [-0.4, -0.2) is 16.1 Å². The first-order chi connectivity index (χ1) is 11.2. The van der Waals surface area contributed by atoms with Crippen LogP contribution in [0.25, 0.3) is 28.1 Å². The Morgan fingerprint density at radius 1 is 1.04 bits per heavy atom. The smallest absolute Gasteiger partial charge is 0.282 e. The number of nitrogens with one attached hydrogen (secondary N) is 1. The second kappa shape index (κ2) is 5.64. The van der Waals surface area contributed by atoms with E-state index in [1.54, 1.807) is 6.08 Å². The topological polar surface area (TPSA) is 59.1 Å². The molecule has 1 aromatic heterocycles. The fourth-order valence-electron chi connectivity index (χ4n) is 2.37. The SMILES string of the molecule is O=C1NC(=O)C(=Cc2nc(-c3ccc4ccccc4c3)cs2)S1. The molecular formula is C17H10N2O2S2. The van der Waals surface area contributed by atoms with Crippen LogP contribution in [0.1, 0.15) is 5.01 Å². The van der Waals surface area contributed by atoms with Gasteiger partial charge in [-0.1, -0.05) is 36.4 Å². The third-order valence-corrected chi connectivity index (χ3v) is 5.07. The van der Waals surface area contributed by atoms with Gasteiger partial charge in [0.2, 0.25) is 0 Å². The molecule has 0 bridgehead atoms. The van der Waals surface area contributed by atoms with Crippen LogP contribution in [0.4, 0.5) is 4.79 Å². The molecule has 1 aliphatic heterocycles. The molecule has 3 aromatic rings. The molecule has 2 amide bonds. The fourth-order valence-corrected chi connectivity index (χ4v) is 3.86. The monoisotopic (exact) mass is 338 g/mol. The standard InChI is InChI=1S/C17H10N2O2S2/c20-16-14(23-17(21)19-16)8-15-18-13(9-22-15)12-6-5-10-3-1-2-4-11(10)7-12/h1-9H,(H,19,20,21). The number of aromatic nitrogens is 1. The number of benzene rings is 2. The van der Waals surface area contributed by atoms with Crippen molar-refractivity contribution in [2.24, 2.45) is 0 Å². The number of amides is 2. The summed E-state index contributed by atoms with van der Waals surface area (Å²) in [5, 5.41) is 6.91. The van der Waals surface area contributed by atoms with Gasteiger partial charge in [0, 0.05) is 10.9 Å². The third kappa shape index (κ3) is 2.78. The molecule has 4 rings (SSSR count). The van der Waals surface area contributed by atoms with Crippen LogP contribution in [0.15, 0.2) is 52.7 Å². The van der Waals surface area contributed by atoms with Crippen LogP contribution in [0.5, 0.6) is 0 Å². The van der Waals surface area contributed by atoms with Crippen LogP contribution >= 0.6 is 23.1 Å². The molecule has 0 saturated carbocycles. The van der Waals surface area contributed by atoms with Gasteiger partial charge >= 0.3 is 0 Å². The van der Waals surface area contributed by atoms with Gasteiger partial charge in [0.05, 0.1) is 10.6 Å². The van der Waals surface area contributed by atoms with E-state index in [0.29, 0.717) is 9.91 Å². The van der Waals surface area contributed by atoms with E-state index in [-0.39, 0.29) is 11.1 Å². The zero-order valence-corrected chi connectivity index (χ0v) is 13.4. The van der Waals surface area contributed by atoms with Crippen molar-refractivity contribution in [1.29, 1.82) is 0 Å². The van der Waals surface area contributed by atoms with Gasteiger partial charge in [-0.05, 0) is 34.7 Å². The van der Waals surface area contributed by atoms with Gasteiger partial charge in [0.15, 0.2) is 0 Å². The van der Waals surface area contributed by atoms with Crippen LogP contribution in [-0.2, 0) is 4.79 Å². The maximum absolute atomic E-state index is 11.6. The van der Waals surface area contributed by atoms with Gasteiger partial charge in [-0.25, -0.2) is 4.98 Å². The normalized spacial score (nSPS) is 16.3. The minimum Gasteiger partial charge on any atom is -0.282 e. The summed E-state index contributed by atoms with van der Waals surface area (Å²) in [5.74, 6) is -0.359. The number of thioether (sulfide) groups is 1. The summed E-state index contributed by atoms with van der Waals surface area (Å²) in [4.78, 5) is 27.7. The number of nitrogens with zero attached hydrogens (tertiary/aromatic N) is 1. The van der Waals surface area contributed by atoms with Crippen molar-refractivity contribution in [2.75, 3.05) is 0 Å². The molecule has 2 heterocycles. The Hall–Kier alpha value is -2.44. The average molecular weight is 338 g/mol. The van der Waals surface area contributed by atoms with E-state index in [1.165, 1.54) is 16.7 Å². The third-order valence-electron chi connectivity index (χ3n) is 3.46. The van der Waals surface area contributed by atoms with E-state index in [4.69, 9.17) is 0 Å². The zero-order valence-electron chi connectivity index (χ0n) is 11.8. The molecule has 0 aliphatic carbocycles. The molecule has 1 N–H and O–H groups in total. The molecule has 6 heteroatoms. The van der Waals surface area contributed by atoms with Gasteiger partial charge in [0.1, 0.15) is 5.01 Å². The molecule has 1 saturated heterocycles. The van der Waals surface area contributed by atoms with Crippen molar-refractivity contribution < 1.29 is 9.59 Å². The summed E-state index contributed by atoms with van der Waals surface area (Å²) in [6.45, 7) is 0. The first-order valence-electron chi connectivity index (χ1n) is 6.88. The number of fused-ring (bicyclic) bond motifs is 1. The first-order valence-corrected chi connectivity index (χ1v) is 8.58. The Morgan fingerprint density at radius 3 is 2.65 bits per heavy atom. The lowest BCUT2D eigenvalue weighted by Crippen LogP contribution is -2.17. The molecule has 2 aromatic carbocycles.